The third-order valence-electron chi connectivity index (χ3n) is 5.63. The summed E-state index contributed by atoms with van der Waals surface area (Å²) in [5.74, 6) is 0.364. The number of ketones is 1. The number of fused-ring (bicyclic) bond motifs is 2. The number of carbonyl (C=O) groups excluding carboxylic acids is 1. The van der Waals surface area contributed by atoms with Crippen LogP contribution in [0.25, 0.3) is 22.0 Å². The van der Waals surface area contributed by atoms with Gasteiger partial charge in [-0.25, -0.2) is 12.7 Å². The molecule has 0 aliphatic carbocycles. The maximum atomic E-state index is 12.9. The van der Waals surface area contributed by atoms with Gasteiger partial charge in [0.1, 0.15) is 11.3 Å². The Labute approximate surface area is 180 Å². The topological polar surface area (TPSA) is 101 Å². The number of nitrogens with zero attached hydrogens (tertiary/aromatic N) is 2. The Hall–Kier alpha value is -2.91. The molecule has 0 spiro atoms. The zero-order valence-electron chi connectivity index (χ0n) is 18.1. The maximum absolute atomic E-state index is 12.9. The van der Waals surface area contributed by atoms with Gasteiger partial charge in [0.25, 0.3) is 5.56 Å². The zero-order chi connectivity index (χ0) is 22.7. The smallest absolute Gasteiger partial charge is 0.274 e. The maximum Gasteiger partial charge on any atom is 0.274 e. The number of ether oxygens (including phenoxy) is 1. The molecule has 1 N–H and O–H groups in total. The number of H-pyrrole nitrogens is 1. The Bertz CT molecular complexity index is 1370. The number of Topliss-reactive ketones (excluding diaryl/α,β-unsaturated/α-hetero) is 1. The lowest BCUT2D eigenvalue weighted by Gasteiger charge is -2.30. The average Bonchev–Trinajstić information content (AvgIpc) is 3.19. The molecular formula is C22H25N3O5S. The van der Waals surface area contributed by atoms with Crippen molar-refractivity contribution in [3.8, 4) is 16.9 Å². The molecule has 8 nitrogen and oxygen atoms in total. The number of rotatable bonds is 4. The number of nitrogens with one attached hydrogen (secondary N) is 1. The number of aryl methyl sites for hydroxylation is 1. The SMILES string of the molecule is CC(C)C1Oc2c(cc(S(=O)(=O)N(C)C)cc2-c2cn(C)c(=O)c3[nH]ccc23)CC1=O. The van der Waals surface area contributed by atoms with Crippen molar-refractivity contribution in [2.24, 2.45) is 13.0 Å². The van der Waals surface area contributed by atoms with Crippen LogP contribution in [0.15, 0.2) is 40.3 Å². The van der Waals surface area contributed by atoms with Gasteiger partial charge in [0.2, 0.25) is 10.0 Å². The number of hydrogen-bond acceptors (Lipinski definition) is 5. The van der Waals surface area contributed by atoms with E-state index in [1.165, 1.54) is 24.7 Å². The summed E-state index contributed by atoms with van der Waals surface area (Å²) in [5, 5.41) is 0.659. The number of hydrogen-bond donors (Lipinski definition) is 1. The number of sulfonamides is 1. The molecule has 2 aromatic heterocycles. The Kier molecular flexibility index (Phi) is 5.06. The molecule has 9 heteroatoms. The highest BCUT2D eigenvalue weighted by atomic mass is 32.2. The summed E-state index contributed by atoms with van der Waals surface area (Å²) in [7, 11) is 0.803. The van der Waals surface area contributed by atoms with Gasteiger partial charge in [-0.1, -0.05) is 13.8 Å². The van der Waals surface area contributed by atoms with Crippen molar-refractivity contribution in [3.05, 3.63) is 46.5 Å². The van der Waals surface area contributed by atoms with E-state index in [-0.39, 0.29) is 28.6 Å². The number of aromatic nitrogens is 2. The van der Waals surface area contributed by atoms with Crippen LogP contribution < -0.4 is 10.3 Å². The molecule has 3 aromatic rings. The standard InChI is InChI=1S/C22H25N3O5S/c1-12(2)20-18(26)9-13-8-14(31(28,29)24(3)4)10-16(21(13)30-20)17-11-25(5)22(27)19-15(17)6-7-23-19/h6-8,10-12,20,23H,9H2,1-5H3. The van der Waals surface area contributed by atoms with Crippen molar-refractivity contribution >= 4 is 26.7 Å². The lowest BCUT2D eigenvalue weighted by atomic mass is 9.91. The van der Waals surface area contributed by atoms with Crippen molar-refractivity contribution in [2.75, 3.05) is 14.1 Å². The molecule has 1 aliphatic rings. The molecule has 0 fully saturated rings. The minimum Gasteiger partial charge on any atom is -0.481 e. The molecule has 1 atom stereocenters. The van der Waals surface area contributed by atoms with E-state index in [1.54, 1.807) is 31.6 Å². The van der Waals surface area contributed by atoms with Gasteiger partial charge in [-0.2, -0.15) is 0 Å². The van der Waals surface area contributed by atoms with Crippen molar-refractivity contribution in [3.63, 3.8) is 0 Å². The summed E-state index contributed by atoms with van der Waals surface area (Å²) in [6, 6.07) is 4.85. The zero-order valence-corrected chi connectivity index (χ0v) is 18.9. The van der Waals surface area contributed by atoms with Gasteiger partial charge in [0.15, 0.2) is 11.9 Å². The Morgan fingerprint density at radius 2 is 1.90 bits per heavy atom. The molecule has 3 heterocycles. The van der Waals surface area contributed by atoms with Gasteiger partial charge >= 0.3 is 0 Å². The molecule has 0 saturated carbocycles. The van der Waals surface area contributed by atoms with E-state index in [9.17, 15) is 18.0 Å². The van der Waals surface area contributed by atoms with Crippen molar-refractivity contribution in [2.45, 2.75) is 31.3 Å². The monoisotopic (exact) mass is 443 g/mol. The fourth-order valence-corrected chi connectivity index (χ4v) is 4.94. The van der Waals surface area contributed by atoms with E-state index in [4.69, 9.17) is 4.74 Å². The van der Waals surface area contributed by atoms with Gasteiger partial charge in [-0.15, -0.1) is 0 Å². The molecule has 1 unspecified atom stereocenters. The first-order valence-electron chi connectivity index (χ1n) is 9.98. The summed E-state index contributed by atoms with van der Waals surface area (Å²) in [5.41, 5.74) is 1.95. The molecule has 0 bridgehead atoms. The fraction of sp³-hybridized carbons (Fsp3) is 0.364. The largest absolute Gasteiger partial charge is 0.481 e. The van der Waals surface area contributed by atoms with Crippen molar-refractivity contribution in [1.82, 2.24) is 13.9 Å². The summed E-state index contributed by atoms with van der Waals surface area (Å²) in [6.45, 7) is 3.82. The second kappa shape index (κ2) is 7.35. The van der Waals surface area contributed by atoms with Crippen LogP contribution in [-0.2, 0) is 28.3 Å². The summed E-state index contributed by atoms with van der Waals surface area (Å²) >= 11 is 0. The highest BCUT2D eigenvalue weighted by molar-refractivity contribution is 7.89. The molecule has 1 aromatic carbocycles. The molecular weight excluding hydrogens is 418 g/mol. The molecule has 0 saturated heterocycles. The molecule has 4 rings (SSSR count). The van der Waals surface area contributed by atoms with Crippen LogP contribution >= 0.6 is 0 Å². The number of aromatic amines is 1. The van der Waals surface area contributed by atoms with Crippen LogP contribution in [0.3, 0.4) is 0 Å². The van der Waals surface area contributed by atoms with Gasteiger partial charge in [-0.05, 0) is 24.1 Å². The fourth-order valence-electron chi connectivity index (χ4n) is 3.96. The molecule has 1 aliphatic heterocycles. The van der Waals surface area contributed by atoms with Gasteiger partial charge in [-0.3, -0.25) is 9.59 Å². The first-order chi connectivity index (χ1) is 14.5. The summed E-state index contributed by atoms with van der Waals surface area (Å²) in [6.07, 6.45) is 2.81. The second-order valence-electron chi connectivity index (χ2n) is 8.40. The number of pyridine rings is 1. The minimum absolute atomic E-state index is 0.0360. The van der Waals surface area contributed by atoms with Crippen LogP contribution in [0.2, 0.25) is 0 Å². The molecule has 164 valence electrons. The predicted octanol–water partition coefficient (Wildman–Crippen LogP) is 2.31. The average molecular weight is 444 g/mol. The molecule has 0 amide bonds. The summed E-state index contributed by atoms with van der Waals surface area (Å²) < 4.78 is 34.6. The highest BCUT2D eigenvalue weighted by Crippen LogP contribution is 2.42. The van der Waals surface area contributed by atoms with Crippen molar-refractivity contribution in [1.29, 1.82) is 0 Å². The predicted molar refractivity (Wildman–Crippen MR) is 118 cm³/mol. The third-order valence-corrected chi connectivity index (χ3v) is 7.43. The van der Waals surface area contributed by atoms with E-state index in [2.05, 4.69) is 4.98 Å². The minimum atomic E-state index is -3.76. The van der Waals surface area contributed by atoms with E-state index in [0.717, 1.165) is 4.31 Å². The van der Waals surface area contributed by atoms with E-state index in [0.29, 0.717) is 33.3 Å². The number of carbonyl (C=O) groups is 1. The quantitative estimate of drug-likeness (QED) is 0.667. The highest BCUT2D eigenvalue weighted by Gasteiger charge is 2.34. The van der Waals surface area contributed by atoms with Crippen LogP contribution in [-0.4, -0.2) is 48.3 Å². The lowest BCUT2D eigenvalue weighted by molar-refractivity contribution is -0.128. The summed E-state index contributed by atoms with van der Waals surface area (Å²) in [4.78, 5) is 28.2. The first-order valence-corrected chi connectivity index (χ1v) is 11.4. The Morgan fingerprint density at radius 1 is 1.19 bits per heavy atom. The van der Waals surface area contributed by atoms with Crippen LogP contribution in [0.4, 0.5) is 0 Å². The van der Waals surface area contributed by atoms with Crippen molar-refractivity contribution < 1.29 is 17.9 Å². The van der Waals surface area contributed by atoms with E-state index >= 15 is 0 Å². The van der Waals surface area contributed by atoms with Gasteiger partial charge in [0.05, 0.1) is 4.90 Å². The third kappa shape index (κ3) is 3.37. The van der Waals surface area contributed by atoms with Crippen LogP contribution in [0.1, 0.15) is 19.4 Å². The van der Waals surface area contributed by atoms with E-state index < -0.39 is 16.1 Å². The van der Waals surface area contributed by atoms with Gasteiger partial charge in [0, 0.05) is 62.0 Å². The van der Waals surface area contributed by atoms with E-state index in [1.807, 2.05) is 13.8 Å². The first kappa shape index (κ1) is 21.3. The van der Waals surface area contributed by atoms with Crippen LogP contribution in [0, 0.1) is 5.92 Å². The van der Waals surface area contributed by atoms with Crippen LogP contribution in [0.5, 0.6) is 5.75 Å². The molecule has 0 radical (unpaired) electrons. The molecule has 31 heavy (non-hydrogen) atoms. The van der Waals surface area contributed by atoms with Gasteiger partial charge < -0.3 is 14.3 Å². The number of benzene rings is 1. The second-order valence-corrected chi connectivity index (χ2v) is 10.5. The Balaban J connectivity index is 2.08. The normalized spacial score (nSPS) is 16.7. The Morgan fingerprint density at radius 3 is 2.55 bits per heavy atom. The lowest BCUT2D eigenvalue weighted by Crippen LogP contribution is -2.37.